The first-order valence-electron chi connectivity index (χ1n) is 7.49. The minimum atomic E-state index is -1.92. The molecule has 118 valence electrons. The third-order valence-corrected chi connectivity index (χ3v) is 12.5. The number of β-lactam (4-membered cyclic amide) rings is 1. The Labute approximate surface area is 129 Å². The fourth-order valence-corrected chi connectivity index (χ4v) is 6.90. The van der Waals surface area contributed by atoms with E-state index in [0.717, 1.165) is 0 Å². The molecule has 0 saturated carbocycles. The van der Waals surface area contributed by atoms with Gasteiger partial charge in [-0.1, -0.05) is 54.6 Å². The van der Waals surface area contributed by atoms with Gasteiger partial charge in [-0.25, -0.2) is 0 Å². The Morgan fingerprint density at radius 2 is 1.50 bits per heavy atom. The number of amides is 1. The Morgan fingerprint density at radius 3 is 1.75 bits per heavy atom. The van der Waals surface area contributed by atoms with Gasteiger partial charge in [0.1, 0.15) is 10.5 Å². The van der Waals surface area contributed by atoms with Gasteiger partial charge in [0.05, 0.1) is 5.54 Å². The van der Waals surface area contributed by atoms with Gasteiger partial charge in [-0.2, -0.15) is 0 Å². The zero-order chi connectivity index (χ0) is 16.4. The van der Waals surface area contributed by atoms with Crippen LogP contribution in [0.4, 0.5) is 0 Å². The van der Waals surface area contributed by atoms with E-state index in [0.29, 0.717) is 10.5 Å². The zero-order valence-electron chi connectivity index (χ0n) is 15.3. The molecule has 1 aliphatic heterocycles. The van der Waals surface area contributed by atoms with Crippen molar-refractivity contribution in [2.45, 2.75) is 84.7 Å². The first-order valence-corrected chi connectivity index (χ1v) is 11.3. The average molecular weight is 316 g/mol. The smallest absolute Gasteiger partial charge is 0.248 e. The average Bonchev–Trinajstić information content (AvgIpc) is 2.24. The number of carbonyl (C=O) groups excluding carboxylic acids is 1. The molecule has 0 bridgehead atoms. The van der Waals surface area contributed by atoms with Crippen LogP contribution in [0.1, 0.15) is 55.4 Å². The van der Waals surface area contributed by atoms with Crippen molar-refractivity contribution in [2.75, 3.05) is 0 Å². The van der Waals surface area contributed by atoms with Crippen LogP contribution in [0.5, 0.6) is 0 Å². The van der Waals surface area contributed by atoms with Crippen molar-refractivity contribution in [3.63, 3.8) is 0 Å². The largest absolute Gasteiger partial charge is 0.413 e. The Balaban J connectivity index is 3.47. The second-order valence-electron chi connectivity index (χ2n) is 9.01. The topological polar surface area (TPSA) is 29.5 Å². The van der Waals surface area contributed by atoms with Gasteiger partial charge in [0.15, 0.2) is 13.8 Å². The van der Waals surface area contributed by atoms with Crippen LogP contribution in [0.3, 0.4) is 0 Å². The third kappa shape index (κ3) is 1.89. The normalized spacial score (nSPS) is 32.5. The van der Waals surface area contributed by atoms with Crippen LogP contribution < -0.4 is 0 Å². The van der Waals surface area contributed by atoms with E-state index in [9.17, 15) is 4.79 Å². The molecule has 0 aromatic rings. The summed E-state index contributed by atoms with van der Waals surface area (Å²) in [5.74, 6) is 0.191. The molecule has 20 heavy (non-hydrogen) atoms. The summed E-state index contributed by atoms with van der Waals surface area (Å²) in [5.41, 5.74) is -0.926. The Hall–Kier alpha value is -0.136. The molecular formula is C15H33NO2Si2. The van der Waals surface area contributed by atoms with Crippen molar-refractivity contribution >= 4 is 24.6 Å². The Morgan fingerprint density at radius 1 is 1.10 bits per heavy atom. The van der Waals surface area contributed by atoms with Gasteiger partial charge in [-0.05, 0) is 24.3 Å². The summed E-state index contributed by atoms with van der Waals surface area (Å²) in [7, 11) is -1.33. The molecule has 1 saturated heterocycles. The number of hydrogen-bond acceptors (Lipinski definition) is 2. The molecule has 2 atom stereocenters. The van der Waals surface area contributed by atoms with Crippen LogP contribution in [-0.2, 0) is 9.22 Å². The van der Waals surface area contributed by atoms with Gasteiger partial charge in [-0.3, -0.25) is 4.79 Å². The summed E-state index contributed by atoms with van der Waals surface area (Å²) in [4.78, 5) is 12.9. The summed E-state index contributed by atoms with van der Waals surface area (Å²) in [6, 6.07) is 0. The summed E-state index contributed by atoms with van der Waals surface area (Å²) in [5, 5.41) is 0.141. The van der Waals surface area contributed by atoms with Crippen LogP contribution in [0.25, 0.3) is 0 Å². The monoisotopic (exact) mass is 315 g/mol. The van der Waals surface area contributed by atoms with Crippen LogP contribution in [0.2, 0.25) is 18.1 Å². The first-order chi connectivity index (χ1) is 8.59. The van der Waals surface area contributed by atoms with E-state index in [1.54, 1.807) is 0 Å². The molecule has 0 aromatic heterocycles. The summed E-state index contributed by atoms with van der Waals surface area (Å²) < 4.78 is 8.06. The molecule has 1 aliphatic rings. The summed E-state index contributed by atoms with van der Waals surface area (Å²) >= 11 is 0. The maximum absolute atomic E-state index is 12.9. The standard InChI is InChI=1S/C15H33NO2Si2/c1-12(2,3)15(8)14(7,18-19)11(17)16(15)20(9,10)13(4,5)6/h1-10,19H3/t14?,15-/m1/s1. The van der Waals surface area contributed by atoms with Crippen LogP contribution >= 0.6 is 0 Å². The number of hydrogen-bond donors (Lipinski definition) is 0. The first kappa shape index (κ1) is 17.9. The fourth-order valence-electron chi connectivity index (χ4n) is 3.27. The Kier molecular flexibility index (Phi) is 3.97. The van der Waals surface area contributed by atoms with Crippen molar-refractivity contribution in [3.8, 4) is 0 Å². The number of rotatable bonds is 2. The van der Waals surface area contributed by atoms with Gasteiger partial charge in [0.2, 0.25) is 5.91 Å². The molecule has 0 spiro atoms. The lowest BCUT2D eigenvalue weighted by atomic mass is 9.60. The van der Waals surface area contributed by atoms with Crippen LogP contribution in [-0.4, -0.2) is 40.3 Å². The van der Waals surface area contributed by atoms with E-state index in [1.807, 2.05) is 6.92 Å². The summed E-state index contributed by atoms with van der Waals surface area (Å²) in [6.45, 7) is 22.2. The maximum atomic E-state index is 12.9. The summed E-state index contributed by atoms with van der Waals surface area (Å²) in [6.07, 6.45) is 0. The number of carbonyl (C=O) groups is 1. The molecule has 1 unspecified atom stereocenters. The molecule has 1 amide bonds. The van der Waals surface area contributed by atoms with Crippen molar-refractivity contribution in [2.24, 2.45) is 5.41 Å². The predicted octanol–water partition coefficient (Wildman–Crippen LogP) is 2.69. The Bertz CT molecular complexity index is 423. The maximum Gasteiger partial charge on any atom is 0.248 e. The highest BCUT2D eigenvalue weighted by atomic mass is 28.3. The van der Waals surface area contributed by atoms with Gasteiger partial charge in [0, 0.05) is 0 Å². The van der Waals surface area contributed by atoms with E-state index in [-0.39, 0.29) is 21.9 Å². The van der Waals surface area contributed by atoms with Crippen LogP contribution in [0, 0.1) is 5.41 Å². The highest BCUT2D eigenvalue weighted by molar-refractivity contribution is 6.80. The molecular weight excluding hydrogens is 282 g/mol. The lowest BCUT2D eigenvalue weighted by Crippen LogP contribution is -2.90. The van der Waals surface area contributed by atoms with Crippen molar-refractivity contribution in [1.82, 2.24) is 4.57 Å². The van der Waals surface area contributed by atoms with E-state index < -0.39 is 13.8 Å². The predicted molar refractivity (Wildman–Crippen MR) is 91.3 cm³/mol. The van der Waals surface area contributed by atoms with E-state index in [2.05, 4.69) is 66.1 Å². The highest BCUT2D eigenvalue weighted by Gasteiger charge is 2.74. The van der Waals surface area contributed by atoms with Crippen LogP contribution in [0.15, 0.2) is 0 Å². The lowest BCUT2D eigenvalue weighted by Gasteiger charge is -2.72. The molecule has 1 rings (SSSR count). The molecule has 0 radical (unpaired) electrons. The fraction of sp³-hybridized carbons (Fsp3) is 0.933. The molecule has 0 aromatic carbocycles. The zero-order valence-corrected chi connectivity index (χ0v) is 18.3. The molecule has 5 heteroatoms. The second-order valence-corrected chi connectivity index (χ2v) is 14.5. The lowest BCUT2D eigenvalue weighted by molar-refractivity contribution is -0.207. The highest BCUT2D eigenvalue weighted by Crippen LogP contribution is 2.58. The second kappa shape index (κ2) is 4.43. The molecule has 0 aliphatic carbocycles. The van der Waals surface area contributed by atoms with Gasteiger partial charge in [0.25, 0.3) is 0 Å². The van der Waals surface area contributed by atoms with Gasteiger partial charge >= 0.3 is 0 Å². The van der Waals surface area contributed by atoms with Crippen molar-refractivity contribution < 1.29 is 9.22 Å². The molecule has 1 heterocycles. The minimum absolute atomic E-state index is 0.0183. The van der Waals surface area contributed by atoms with Gasteiger partial charge < -0.3 is 8.99 Å². The third-order valence-electron chi connectivity index (χ3n) is 6.25. The van der Waals surface area contributed by atoms with E-state index in [4.69, 9.17) is 4.43 Å². The SMILES string of the molecule is CC(C)(C)[C@@]1(C)N([Si](C)(C)C(C)(C)C)C(=O)C1(C)O[SiH3]. The van der Waals surface area contributed by atoms with E-state index in [1.165, 1.54) is 0 Å². The molecule has 3 nitrogen and oxygen atoms in total. The van der Waals surface area contributed by atoms with Crippen molar-refractivity contribution in [3.05, 3.63) is 0 Å². The van der Waals surface area contributed by atoms with Gasteiger partial charge in [-0.15, -0.1) is 0 Å². The van der Waals surface area contributed by atoms with E-state index >= 15 is 0 Å². The quantitative estimate of drug-likeness (QED) is 0.579. The minimum Gasteiger partial charge on any atom is -0.413 e. The number of nitrogens with zero attached hydrogens (tertiary/aromatic N) is 1. The molecule has 1 fully saturated rings. The van der Waals surface area contributed by atoms with Crippen molar-refractivity contribution in [1.29, 1.82) is 0 Å². The molecule has 0 N–H and O–H groups in total.